The fourth-order valence-corrected chi connectivity index (χ4v) is 10.5. The van der Waals surface area contributed by atoms with Gasteiger partial charge >= 0.3 is 17.9 Å². The Morgan fingerprint density at radius 3 is 2.21 bits per heavy atom. The predicted molar refractivity (Wildman–Crippen MR) is 315 cm³/mol. The number of methoxy groups -OCH3 is 1. The van der Waals surface area contributed by atoms with Crippen LogP contribution in [0.2, 0.25) is 0 Å². The number of unbranched alkanes of at least 4 members (excludes halogenated alkanes) is 3. The number of carbonyl (C=O) groups is 3. The SMILES string of the molecule is C=CC(=O)OCCCOc1ccc2cc(COc3ccc(C(=O)Oc4ccc(OC(=O)c5ccc(OCCCCCCOCC6(CC)COC6)cc5)c(/C=N/N(CC5CCCCC5)c5nc6ccccc6s5)c4)cc3OC)ccc2c1. The van der Waals surface area contributed by atoms with Crippen molar-refractivity contribution < 1.29 is 57.0 Å². The summed E-state index contributed by atoms with van der Waals surface area (Å²) in [5.74, 6) is 1.37. The number of anilines is 1. The zero-order chi connectivity index (χ0) is 56.2. The number of aromatic nitrogens is 1. The summed E-state index contributed by atoms with van der Waals surface area (Å²) in [7, 11) is 1.51. The van der Waals surface area contributed by atoms with Crippen LogP contribution in [0.5, 0.6) is 34.5 Å². The van der Waals surface area contributed by atoms with Crippen LogP contribution in [-0.2, 0) is 25.6 Å². The molecule has 2 fully saturated rings. The summed E-state index contributed by atoms with van der Waals surface area (Å²) in [4.78, 5) is 43.9. The van der Waals surface area contributed by atoms with Crippen LogP contribution in [0.1, 0.15) is 109 Å². The van der Waals surface area contributed by atoms with Crippen LogP contribution >= 0.6 is 11.3 Å². The second-order valence-electron chi connectivity index (χ2n) is 20.5. The predicted octanol–water partition coefficient (Wildman–Crippen LogP) is 13.8. The van der Waals surface area contributed by atoms with Crippen molar-refractivity contribution in [2.75, 3.05) is 64.9 Å². The van der Waals surface area contributed by atoms with Gasteiger partial charge in [0.05, 0.1) is 74.3 Å². The number of esters is 3. The minimum atomic E-state index is -0.637. The van der Waals surface area contributed by atoms with Crippen LogP contribution in [0.15, 0.2) is 139 Å². The van der Waals surface area contributed by atoms with E-state index in [2.05, 4.69) is 19.6 Å². The molecule has 0 unspecified atom stereocenters. The molecule has 0 bridgehead atoms. The molecule has 16 heteroatoms. The van der Waals surface area contributed by atoms with Crippen LogP contribution in [-0.4, -0.2) is 89.0 Å². The largest absolute Gasteiger partial charge is 0.494 e. The molecule has 0 radical (unpaired) electrons. The summed E-state index contributed by atoms with van der Waals surface area (Å²) in [6.07, 6.45) is 14.2. The molecule has 0 atom stereocenters. The number of nitrogens with zero attached hydrogens (tertiary/aromatic N) is 3. The summed E-state index contributed by atoms with van der Waals surface area (Å²) in [5.41, 5.74) is 3.01. The Kier molecular flexibility index (Phi) is 20.8. The zero-order valence-corrected chi connectivity index (χ0v) is 47.1. The van der Waals surface area contributed by atoms with Crippen molar-refractivity contribution in [3.05, 3.63) is 156 Å². The molecule has 7 aromatic rings. The van der Waals surface area contributed by atoms with E-state index in [0.29, 0.717) is 66.2 Å². The summed E-state index contributed by atoms with van der Waals surface area (Å²) in [6, 6.07) is 36.5. The van der Waals surface area contributed by atoms with Gasteiger partial charge in [0, 0.05) is 36.6 Å². The minimum absolute atomic E-state index is 0.208. The second kappa shape index (κ2) is 29.1. The Balaban J connectivity index is 0.846. The highest BCUT2D eigenvalue weighted by Gasteiger charge is 2.37. The number of thiazole rings is 1. The van der Waals surface area contributed by atoms with Gasteiger partial charge in [-0.25, -0.2) is 24.4 Å². The van der Waals surface area contributed by atoms with Gasteiger partial charge in [-0.2, -0.15) is 5.10 Å². The van der Waals surface area contributed by atoms with Crippen LogP contribution in [0.3, 0.4) is 0 Å². The standard InChI is InChI=1S/C65H71N3O12S/c1-4-61(69)77-35-15-34-76-54-28-24-49-36-47(20-21-50(49)37-54)42-78-58-30-25-51(39-59(58)72-3)63(71)79-55-29-31-57(52(38-55)40-66-68(41-46-16-9-8-10-17-46)64-67-56-18-11-12-19-60(56)81-64)80-62(70)48-22-26-53(27-23-48)75-33-14-7-6-13-32-73-43-65(5-2)44-74-45-65/h4,11-12,18-31,36-40,46H,1,5-10,13-17,32-35,41-45H2,2-3H3/b66-40+. The van der Waals surface area contributed by atoms with E-state index in [1.165, 1.54) is 26.4 Å². The fourth-order valence-electron chi connectivity index (χ4n) is 9.61. The van der Waals surface area contributed by atoms with E-state index in [-0.39, 0.29) is 35.7 Å². The van der Waals surface area contributed by atoms with Gasteiger partial charge in [0.1, 0.15) is 29.6 Å². The number of hydrogen-bond donors (Lipinski definition) is 0. The van der Waals surface area contributed by atoms with Crippen molar-refractivity contribution in [1.29, 1.82) is 0 Å². The first-order valence-corrected chi connectivity index (χ1v) is 28.9. The molecule has 0 N–H and O–H groups in total. The maximum absolute atomic E-state index is 13.9. The number of carbonyl (C=O) groups excluding carboxylic acids is 3. The normalized spacial score (nSPS) is 14.0. The summed E-state index contributed by atoms with van der Waals surface area (Å²) in [5, 5.41) is 9.71. The number of benzene rings is 6. The lowest BCUT2D eigenvalue weighted by Gasteiger charge is -2.40. The number of rotatable bonds is 30. The first-order chi connectivity index (χ1) is 39.7. The number of para-hydroxylation sites is 1. The van der Waals surface area contributed by atoms with Gasteiger partial charge in [-0.1, -0.05) is 80.9 Å². The lowest BCUT2D eigenvalue weighted by Crippen LogP contribution is -2.45. The number of fused-ring (bicyclic) bond motifs is 2. The van der Waals surface area contributed by atoms with Crippen molar-refractivity contribution in [2.45, 2.75) is 84.2 Å². The van der Waals surface area contributed by atoms with Crippen molar-refractivity contribution in [2.24, 2.45) is 16.4 Å². The van der Waals surface area contributed by atoms with E-state index < -0.39 is 17.9 Å². The van der Waals surface area contributed by atoms with E-state index in [1.807, 2.05) is 59.6 Å². The zero-order valence-electron chi connectivity index (χ0n) is 46.3. The maximum Gasteiger partial charge on any atom is 0.343 e. The molecule has 81 heavy (non-hydrogen) atoms. The summed E-state index contributed by atoms with van der Waals surface area (Å²) >= 11 is 1.57. The number of hydrogen-bond acceptors (Lipinski definition) is 16. The smallest absolute Gasteiger partial charge is 0.343 e. The van der Waals surface area contributed by atoms with Crippen molar-refractivity contribution in [1.82, 2.24) is 4.98 Å². The van der Waals surface area contributed by atoms with E-state index >= 15 is 0 Å². The molecule has 9 rings (SSSR count). The molecule has 1 aromatic heterocycles. The number of ether oxygens (including phenoxy) is 9. The molecule has 2 aliphatic rings. The number of hydrazone groups is 1. The van der Waals surface area contributed by atoms with Crippen molar-refractivity contribution in [3.8, 4) is 34.5 Å². The third-order valence-electron chi connectivity index (χ3n) is 14.5. The molecule has 0 spiro atoms. The highest BCUT2D eigenvalue weighted by atomic mass is 32.1. The highest BCUT2D eigenvalue weighted by Crippen LogP contribution is 2.35. The quantitative estimate of drug-likeness (QED) is 0.0104. The Hall–Kier alpha value is -7.79. The summed E-state index contributed by atoms with van der Waals surface area (Å²) in [6.45, 7) is 10.9. The Morgan fingerprint density at radius 1 is 0.716 bits per heavy atom. The van der Waals surface area contributed by atoms with Crippen molar-refractivity contribution in [3.63, 3.8) is 0 Å². The van der Waals surface area contributed by atoms with Crippen LogP contribution in [0.4, 0.5) is 5.13 Å². The molecule has 1 saturated carbocycles. The van der Waals surface area contributed by atoms with Gasteiger partial charge in [0.2, 0.25) is 5.13 Å². The monoisotopic (exact) mass is 1120 g/mol. The van der Waals surface area contributed by atoms with E-state index in [0.717, 1.165) is 109 Å². The van der Waals surface area contributed by atoms with E-state index in [9.17, 15) is 14.4 Å². The Labute approximate surface area is 477 Å². The highest BCUT2D eigenvalue weighted by molar-refractivity contribution is 7.22. The first kappa shape index (κ1) is 57.9. The van der Waals surface area contributed by atoms with Gasteiger partial charge in [-0.15, -0.1) is 0 Å². The van der Waals surface area contributed by atoms with Crippen molar-refractivity contribution >= 4 is 61.6 Å². The lowest BCUT2D eigenvalue weighted by molar-refractivity contribution is -0.150. The molecule has 2 heterocycles. The molecular formula is C65H71N3O12S. The molecule has 424 valence electrons. The molecule has 15 nitrogen and oxygen atoms in total. The molecule has 1 aliphatic heterocycles. The first-order valence-electron chi connectivity index (χ1n) is 28.1. The molecule has 6 aromatic carbocycles. The lowest BCUT2D eigenvalue weighted by atomic mass is 9.84. The van der Waals surface area contributed by atoms with Crippen LogP contribution < -0.4 is 33.4 Å². The van der Waals surface area contributed by atoms with Gasteiger partial charge in [0.25, 0.3) is 0 Å². The second-order valence-corrected chi connectivity index (χ2v) is 21.5. The minimum Gasteiger partial charge on any atom is -0.494 e. The van der Waals surface area contributed by atoms with Gasteiger partial charge in [-0.3, -0.25) is 0 Å². The van der Waals surface area contributed by atoms with Crippen LogP contribution in [0.25, 0.3) is 21.0 Å². The van der Waals surface area contributed by atoms with E-state index in [1.54, 1.807) is 78.2 Å². The molecule has 1 aliphatic carbocycles. The molecule has 0 amide bonds. The van der Waals surface area contributed by atoms with E-state index in [4.69, 9.17) is 52.7 Å². The maximum atomic E-state index is 13.9. The summed E-state index contributed by atoms with van der Waals surface area (Å²) < 4.78 is 53.3. The van der Waals surface area contributed by atoms with Gasteiger partial charge in [-0.05, 0) is 152 Å². The third kappa shape index (κ3) is 16.4. The Morgan fingerprint density at radius 2 is 1.43 bits per heavy atom. The van der Waals surface area contributed by atoms with Gasteiger partial charge in [0.15, 0.2) is 11.5 Å². The van der Waals surface area contributed by atoms with Gasteiger partial charge < -0.3 is 42.6 Å². The van der Waals surface area contributed by atoms with Crippen LogP contribution in [0, 0.1) is 11.3 Å². The topological polar surface area (TPSA) is 163 Å². The third-order valence-corrected chi connectivity index (χ3v) is 15.6. The molecule has 1 saturated heterocycles. The molecular weight excluding hydrogens is 1050 g/mol. The average molecular weight is 1120 g/mol. The fraction of sp³-hybridized carbons (Fsp3) is 0.369. The Bertz CT molecular complexity index is 3220. The average Bonchev–Trinajstić information content (AvgIpc) is 4.06.